The Labute approximate surface area is 183 Å². The fourth-order valence-electron chi connectivity index (χ4n) is 4.53. The zero-order valence-electron chi connectivity index (χ0n) is 16.4. The number of hydroxylamine groups is 1. The van der Waals surface area contributed by atoms with Gasteiger partial charge < -0.3 is 4.57 Å². The monoisotopic (exact) mass is 435 g/mol. The van der Waals surface area contributed by atoms with Crippen molar-refractivity contribution in [3.05, 3.63) is 65.2 Å². The summed E-state index contributed by atoms with van der Waals surface area (Å²) in [6, 6.07) is 11.0. The van der Waals surface area contributed by atoms with Crippen LogP contribution in [0.3, 0.4) is 0 Å². The number of aryl methyl sites for hydroxylation is 1. The zero-order valence-corrected chi connectivity index (χ0v) is 18.4. The standard InChI is InChI=1S/C21H22FN3O2.2H2S/c1-13-16(4-3-5-17(13)22)21(20(26)24-27)9-8-15(11-21)14-6-7-18-19(10-14)25(2)12-23-18;;/h3-7,10,12,15,27H,8-9,11H2,1-2H3,(H,24,26);2*1H2/t15-,21-;;/m0../s1. The van der Waals surface area contributed by atoms with Crippen LogP contribution in [0, 0.1) is 12.7 Å². The topological polar surface area (TPSA) is 67.2 Å². The lowest BCUT2D eigenvalue weighted by Gasteiger charge is -2.29. The maximum atomic E-state index is 14.2. The molecular weight excluding hydrogens is 409 g/mol. The highest BCUT2D eigenvalue weighted by atomic mass is 32.1. The molecule has 5 nitrogen and oxygen atoms in total. The van der Waals surface area contributed by atoms with E-state index in [9.17, 15) is 14.4 Å². The van der Waals surface area contributed by atoms with E-state index in [4.69, 9.17) is 0 Å². The van der Waals surface area contributed by atoms with Crippen LogP contribution in [-0.2, 0) is 17.3 Å². The van der Waals surface area contributed by atoms with Gasteiger partial charge in [-0.05, 0) is 67.0 Å². The van der Waals surface area contributed by atoms with E-state index in [0.29, 0.717) is 24.0 Å². The molecule has 1 fully saturated rings. The second-order valence-electron chi connectivity index (χ2n) is 7.48. The molecule has 4 rings (SSSR count). The maximum Gasteiger partial charge on any atom is 0.254 e. The second-order valence-corrected chi connectivity index (χ2v) is 7.48. The Morgan fingerprint density at radius 2 is 2.07 bits per heavy atom. The number of halogens is 1. The smallest absolute Gasteiger partial charge is 0.254 e. The summed E-state index contributed by atoms with van der Waals surface area (Å²) < 4.78 is 16.1. The number of carbonyl (C=O) groups excluding carboxylic acids is 1. The number of amides is 1. The number of hydrogen-bond donors (Lipinski definition) is 2. The SMILES string of the molecule is Cc1c(F)cccc1[C@]1(C(=O)NO)CC[C@H](c2ccc3ncn(C)c3c2)C1.S.S. The van der Waals surface area contributed by atoms with E-state index in [2.05, 4.69) is 11.1 Å². The van der Waals surface area contributed by atoms with E-state index in [1.807, 2.05) is 29.2 Å². The number of carbonyl (C=O) groups is 1. The highest BCUT2D eigenvalue weighted by Crippen LogP contribution is 2.49. The molecule has 2 aromatic carbocycles. The first-order chi connectivity index (χ1) is 13.0. The third-order valence-electron chi connectivity index (χ3n) is 6.05. The predicted molar refractivity (Wildman–Crippen MR) is 121 cm³/mol. The molecule has 1 amide bonds. The summed E-state index contributed by atoms with van der Waals surface area (Å²) >= 11 is 0. The van der Waals surface area contributed by atoms with Gasteiger partial charge in [-0.2, -0.15) is 27.0 Å². The molecule has 2 N–H and O–H groups in total. The minimum Gasteiger partial charge on any atom is -0.334 e. The Morgan fingerprint density at radius 1 is 1.31 bits per heavy atom. The van der Waals surface area contributed by atoms with Gasteiger partial charge in [0.25, 0.3) is 5.91 Å². The van der Waals surface area contributed by atoms with E-state index in [1.165, 1.54) is 6.07 Å². The van der Waals surface area contributed by atoms with Crippen molar-refractivity contribution in [3.63, 3.8) is 0 Å². The van der Waals surface area contributed by atoms with Crippen molar-refractivity contribution < 1.29 is 14.4 Å². The zero-order chi connectivity index (χ0) is 19.2. The van der Waals surface area contributed by atoms with E-state index in [1.54, 1.807) is 25.4 Å². The Bertz CT molecular complexity index is 1040. The molecule has 2 atom stereocenters. The molecule has 0 saturated heterocycles. The Kier molecular flexibility index (Phi) is 7.03. The molecule has 1 heterocycles. The van der Waals surface area contributed by atoms with Crippen LogP contribution in [-0.4, -0.2) is 20.7 Å². The second kappa shape index (κ2) is 8.77. The molecule has 0 bridgehead atoms. The van der Waals surface area contributed by atoms with Gasteiger partial charge in [0.05, 0.1) is 22.8 Å². The van der Waals surface area contributed by atoms with Crippen molar-refractivity contribution in [1.29, 1.82) is 0 Å². The number of nitrogens with one attached hydrogen (secondary N) is 1. The molecule has 156 valence electrons. The fraction of sp³-hybridized carbons (Fsp3) is 0.333. The van der Waals surface area contributed by atoms with Gasteiger partial charge in [-0.15, -0.1) is 0 Å². The molecule has 8 heteroatoms. The Hall–Kier alpha value is -2.03. The highest BCUT2D eigenvalue weighted by Gasteiger charge is 2.48. The van der Waals surface area contributed by atoms with Crippen molar-refractivity contribution in [2.75, 3.05) is 0 Å². The van der Waals surface area contributed by atoms with E-state index >= 15 is 0 Å². The first-order valence-corrected chi connectivity index (χ1v) is 9.07. The summed E-state index contributed by atoms with van der Waals surface area (Å²) in [4.78, 5) is 17.1. The summed E-state index contributed by atoms with van der Waals surface area (Å²) in [5.41, 5.74) is 5.10. The molecule has 1 saturated carbocycles. The van der Waals surface area contributed by atoms with E-state index in [-0.39, 0.29) is 38.7 Å². The minimum absolute atomic E-state index is 0. The number of benzene rings is 2. The van der Waals surface area contributed by atoms with Gasteiger partial charge in [0, 0.05) is 7.05 Å². The van der Waals surface area contributed by atoms with Crippen LogP contribution < -0.4 is 5.48 Å². The van der Waals surface area contributed by atoms with Crippen LogP contribution in [0.1, 0.15) is 41.9 Å². The summed E-state index contributed by atoms with van der Waals surface area (Å²) in [7, 11) is 1.95. The number of fused-ring (bicyclic) bond motifs is 1. The number of nitrogens with zero attached hydrogens (tertiary/aromatic N) is 2. The molecular formula is C21H26FN3O2S2. The number of rotatable bonds is 3. The normalized spacial score (nSPS) is 20.8. The van der Waals surface area contributed by atoms with Gasteiger partial charge in [-0.1, -0.05) is 18.2 Å². The molecule has 1 aliphatic rings. The number of aromatic nitrogens is 2. The van der Waals surface area contributed by atoms with Gasteiger partial charge >= 0.3 is 0 Å². The number of hydrogen-bond acceptors (Lipinski definition) is 3. The lowest BCUT2D eigenvalue weighted by molar-refractivity contribution is -0.135. The summed E-state index contributed by atoms with van der Waals surface area (Å²) in [5, 5.41) is 9.38. The van der Waals surface area contributed by atoms with Crippen LogP contribution in [0.25, 0.3) is 11.0 Å². The first-order valence-electron chi connectivity index (χ1n) is 9.07. The summed E-state index contributed by atoms with van der Waals surface area (Å²) in [5.74, 6) is -0.665. The van der Waals surface area contributed by atoms with Gasteiger partial charge in [-0.3, -0.25) is 10.0 Å². The van der Waals surface area contributed by atoms with Gasteiger partial charge in [0.15, 0.2) is 0 Å². The first kappa shape index (κ1) is 23.3. The largest absolute Gasteiger partial charge is 0.334 e. The van der Waals surface area contributed by atoms with Crippen molar-refractivity contribution in [3.8, 4) is 0 Å². The van der Waals surface area contributed by atoms with Crippen molar-refractivity contribution >= 4 is 43.9 Å². The van der Waals surface area contributed by atoms with E-state index in [0.717, 1.165) is 23.0 Å². The molecule has 0 spiro atoms. The van der Waals surface area contributed by atoms with Gasteiger partial charge in [0.1, 0.15) is 5.82 Å². The molecule has 1 aliphatic carbocycles. The van der Waals surface area contributed by atoms with Gasteiger partial charge in [-0.25, -0.2) is 14.9 Å². The summed E-state index contributed by atoms with van der Waals surface area (Å²) in [6.07, 6.45) is 3.64. The molecule has 29 heavy (non-hydrogen) atoms. The van der Waals surface area contributed by atoms with Crippen molar-refractivity contribution in [2.45, 2.75) is 37.5 Å². The van der Waals surface area contributed by atoms with Crippen LogP contribution in [0.2, 0.25) is 0 Å². The molecule has 0 aliphatic heterocycles. The quantitative estimate of drug-likeness (QED) is 0.483. The molecule has 0 unspecified atom stereocenters. The maximum absolute atomic E-state index is 14.2. The molecule has 0 radical (unpaired) electrons. The van der Waals surface area contributed by atoms with Crippen LogP contribution in [0.5, 0.6) is 0 Å². The Morgan fingerprint density at radius 3 is 2.79 bits per heavy atom. The highest BCUT2D eigenvalue weighted by molar-refractivity contribution is 7.59. The fourth-order valence-corrected chi connectivity index (χ4v) is 4.53. The van der Waals surface area contributed by atoms with Crippen LogP contribution in [0.15, 0.2) is 42.7 Å². The minimum atomic E-state index is -0.937. The summed E-state index contributed by atoms with van der Waals surface area (Å²) in [6.45, 7) is 1.69. The average Bonchev–Trinajstić information content (AvgIpc) is 3.28. The van der Waals surface area contributed by atoms with E-state index < -0.39 is 11.3 Å². The average molecular weight is 436 g/mol. The third-order valence-corrected chi connectivity index (χ3v) is 6.05. The van der Waals surface area contributed by atoms with Crippen molar-refractivity contribution in [2.24, 2.45) is 7.05 Å². The van der Waals surface area contributed by atoms with Crippen LogP contribution >= 0.6 is 27.0 Å². The molecule has 1 aromatic heterocycles. The third kappa shape index (κ3) is 3.76. The molecule has 3 aromatic rings. The predicted octanol–water partition coefficient (Wildman–Crippen LogP) is 3.96. The Balaban J connectivity index is 0.00000150. The van der Waals surface area contributed by atoms with Crippen molar-refractivity contribution in [1.82, 2.24) is 15.0 Å². The number of imidazole rings is 1. The lowest BCUT2D eigenvalue weighted by Crippen LogP contribution is -2.42. The lowest BCUT2D eigenvalue weighted by atomic mass is 9.75. The van der Waals surface area contributed by atoms with Gasteiger partial charge in [0.2, 0.25) is 0 Å². The van der Waals surface area contributed by atoms with Crippen LogP contribution in [0.4, 0.5) is 4.39 Å².